The van der Waals surface area contributed by atoms with Gasteiger partial charge in [-0.25, -0.2) is 9.97 Å². The van der Waals surface area contributed by atoms with E-state index in [9.17, 15) is 9.59 Å². The van der Waals surface area contributed by atoms with Crippen LogP contribution in [-0.2, 0) is 0 Å². The second-order valence-electron chi connectivity index (χ2n) is 5.82. The van der Waals surface area contributed by atoms with Crippen LogP contribution in [-0.4, -0.2) is 32.2 Å². The lowest BCUT2D eigenvalue weighted by atomic mass is 10.2. The average molecular weight is 341 g/mol. The Labute approximate surface area is 144 Å². The number of rotatable bonds is 6. The molecule has 0 aliphatic rings. The number of hydrogen-bond acceptors (Lipinski definition) is 5. The van der Waals surface area contributed by atoms with Gasteiger partial charge < -0.3 is 15.5 Å². The molecule has 0 bridgehead atoms. The smallest absolute Gasteiger partial charge is 0.271 e. The number of hydrogen-bond donors (Lipinski definition) is 2. The molecule has 0 saturated heterocycles. The Morgan fingerprint density at radius 3 is 2.88 bits per heavy atom. The van der Waals surface area contributed by atoms with Crippen LogP contribution in [0.15, 0.2) is 35.2 Å². The van der Waals surface area contributed by atoms with E-state index >= 15 is 0 Å². The lowest BCUT2D eigenvalue weighted by molar-refractivity contribution is 0.0931. The van der Waals surface area contributed by atoms with Crippen molar-refractivity contribution in [2.45, 2.75) is 32.7 Å². The molecule has 8 nitrogen and oxygen atoms in total. The maximum Gasteiger partial charge on any atom is 0.271 e. The molecule has 130 valence electrons. The molecule has 3 aromatic rings. The van der Waals surface area contributed by atoms with Crippen LogP contribution in [0.4, 0.5) is 0 Å². The van der Waals surface area contributed by atoms with Crippen LogP contribution in [0.3, 0.4) is 0 Å². The topological polar surface area (TPSA) is 116 Å². The zero-order valence-corrected chi connectivity index (χ0v) is 14.0. The van der Waals surface area contributed by atoms with Crippen molar-refractivity contribution in [1.29, 1.82) is 0 Å². The summed E-state index contributed by atoms with van der Waals surface area (Å²) in [6, 6.07) is 5.10. The monoisotopic (exact) mass is 341 g/mol. The third kappa shape index (κ3) is 3.23. The van der Waals surface area contributed by atoms with Gasteiger partial charge in [-0.05, 0) is 31.5 Å². The molecule has 3 heterocycles. The molecule has 1 atom stereocenters. The Hall–Kier alpha value is -3.16. The van der Waals surface area contributed by atoms with Gasteiger partial charge in [-0.1, -0.05) is 13.3 Å². The Morgan fingerprint density at radius 1 is 1.44 bits per heavy atom. The Balaban J connectivity index is 2.11. The number of carbonyl (C=O) groups excluding carboxylic acids is 2. The first-order valence-electron chi connectivity index (χ1n) is 8.04. The van der Waals surface area contributed by atoms with E-state index in [4.69, 9.17) is 10.2 Å². The molecule has 0 saturated carbocycles. The number of primary amides is 1. The van der Waals surface area contributed by atoms with Gasteiger partial charge in [0.25, 0.3) is 11.8 Å². The molecule has 1 unspecified atom stereocenters. The van der Waals surface area contributed by atoms with E-state index in [0.29, 0.717) is 11.5 Å². The summed E-state index contributed by atoms with van der Waals surface area (Å²) in [5, 5.41) is 2.90. The zero-order valence-electron chi connectivity index (χ0n) is 14.0. The van der Waals surface area contributed by atoms with Gasteiger partial charge in [-0.2, -0.15) is 0 Å². The molecule has 2 amide bonds. The highest BCUT2D eigenvalue weighted by Crippen LogP contribution is 2.23. The highest BCUT2D eigenvalue weighted by molar-refractivity contribution is 5.99. The number of nitrogens with two attached hydrogens (primary N) is 1. The number of furan rings is 1. The van der Waals surface area contributed by atoms with E-state index in [1.54, 1.807) is 22.6 Å². The van der Waals surface area contributed by atoms with Crippen molar-refractivity contribution in [1.82, 2.24) is 19.7 Å². The fourth-order valence-electron chi connectivity index (χ4n) is 2.68. The van der Waals surface area contributed by atoms with Crippen LogP contribution in [0.1, 0.15) is 47.7 Å². The number of fused-ring (bicyclic) bond motifs is 1. The molecule has 3 aromatic heterocycles. The summed E-state index contributed by atoms with van der Waals surface area (Å²) in [5.74, 6) is -0.512. The van der Waals surface area contributed by atoms with Crippen molar-refractivity contribution in [3.63, 3.8) is 0 Å². The van der Waals surface area contributed by atoms with Gasteiger partial charge >= 0.3 is 0 Å². The molecule has 0 aliphatic heterocycles. The van der Waals surface area contributed by atoms with Crippen LogP contribution in [0.5, 0.6) is 0 Å². The van der Waals surface area contributed by atoms with Crippen LogP contribution >= 0.6 is 0 Å². The maximum absolute atomic E-state index is 12.5. The number of imidazole rings is 1. The van der Waals surface area contributed by atoms with Crippen molar-refractivity contribution >= 4 is 17.5 Å². The van der Waals surface area contributed by atoms with Crippen molar-refractivity contribution in [2.75, 3.05) is 0 Å². The minimum Gasteiger partial charge on any atom is -0.463 e. The van der Waals surface area contributed by atoms with E-state index in [1.165, 1.54) is 12.6 Å². The summed E-state index contributed by atoms with van der Waals surface area (Å²) in [7, 11) is 0. The van der Waals surface area contributed by atoms with Gasteiger partial charge in [0, 0.05) is 6.04 Å². The fourth-order valence-corrected chi connectivity index (χ4v) is 2.68. The van der Waals surface area contributed by atoms with Crippen molar-refractivity contribution < 1.29 is 14.0 Å². The van der Waals surface area contributed by atoms with Gasteiger partial charge in [0.05, 0.1) is 12.0 Å². The van der Waals surface area contributed by atoms with Gasteiger partial charge in [0.15, 0.2) is 17.1 Å². The summed E-state index contributed by atoms with van der Waals surface area (Å²) in [4.78, 5) is 32.4. The molecular formula is C17H19N5O3. The van der Waals surface area contributed by atoms with E-state index in [0.717, 1.165) is 12.8 Å². The number of nitrogens with one attached hydrogen (secondary N) is 1. The largest absolute Gasteiger partial charge is 0.463 e. The second kappa shape index (κ2) is 6.76. The van der Waals surface area contributed by atoms with Gasteiger partial charge in [-0.15, -0.1) is 0 Å². The summed E-state index contributed by atoms with van der Waals surface area (Å²) in [5.41, 5.74) is 6.31. The molecular weight excluding hydrogens is 322 g/mol. The average Bonchev–Trinajstić information content (AvgIpc) is 3.23. The van der Waals surface area contributed by atoms with E-state index in [-0.39, 0.29) is 29.0 Å². The van der Waals surface area contributed by atoms with Gasteiger partial charge in [0.2, 0.25) is 0 Å². The number of aromatic nitrogens is 3. The molecule has 0 spiro atoms. The summed E-state index contributed by atoms with van der Waals surface area (Å²) >= 11 is 0. The summed E-state index contributed by atoms with van der Waals surface area (Å²) in [6.07, 6.45) is 4.77. The van der Waals surface area contributed by atoms with Gasteiger partial charge in [-0.3, -0.25) is 14.0 Å². The first-order valence-corrected chi connectivity index (χ1v) is 8.04. The van der Waals surface area contributed by atoms with Crippen molar-refractivity contribution in [3.8, 4) is 11.5 Å². The second-order valence-corrected chi connectivity index (χ2v) is 5.82. The maximum atomic E-state index is 12.5. The molecule has 3 N–H and O–H groups in total. The highest BCUT2D eigenvalue weighted by atomic mass is 16.3. The quantitative estimate of drug-likeness (QED) is 0.711. The highest BCUT2D eigenvalue weighted by Gasteiger charge is 2.20. The van der Waals surface area contributed by atoms with Crippen LogP contribution in [0, 0.1) is 0 Å². The summed E-state index contributed by atoms with van der Waals surface area (Å²) in [6.45, 7) is 3.98. The summed E-state index contributed by atoms with van der Waals surface area (Å²) < 4.78 is 7.00. The molecule has 0 aliphatic carbocycles. The fraction of sp³-hybridized carbons (Fsp3) is 0.294. The predicted octanol–water partition coefficient (Wildman–Crippen LogP) is 2.01. The normalized spacial score (nSPS) is 12.2. The first-order chi connectivity index (χ1) is 12.0. The third-order valence-corrected chi connectivity index (χ3v) is 3.84. The molecule has 0 radical (unpaired) electrons. The standard InChI is InChI=1S/C17H19N5O3/c1-3-5-10(2)20-17(24)11-8-12(13-6-4-7-25-13)22-9-19-14(15(18)23)16(22)21-11/h4,6-10H,3,5H2,1-2H3,(H2,18,23)(H,20,24). The number of carbonyl (C=O) groups is 2. The number of amides is 2. The number of nitrogens with zero attached hydrogens (tertiary/aromatic N) is 3. The molecule has 3 rings (SSSR count). The van der Waals surface area contributed by atoms with Crippen LogP contribution < -0.4 is 11.1 Å². The molecule has 25 heavy (non-hydrogen) atoms. The van der Waals surface area contributed by atoms with Crippen molar-refractivity contribution in [3.05, 3.63) is 42.2 Å². The Kier molecular flexibility index (Phi) is 4.51. The third-order valence-electron chi connectivity index (χ3n) is 3.84. The lowest BCUT2D eigenvalue weighted by Crippen LogP contribution is -2.33. The Bertz CT molecular complexity index is 914. The zero-order chi connectivity index (χ0) is 18.0. The first kappa shape index (κ1) is 16.7. The van der Waals surface area contributed by atoms with E-state index in [2.05, 4.69) is 15.3 Å². The Morgan fingerprint density at radius 2 is 2.24 bits per heavy atom. The van der Waals surface area contributed by atoms with E-state index in [1.807, 2.05) is 13.8 Å². The minimum atomic E-state index is -0.711. The predicted molar refractivity (Wildman–Crippen MR) is 91.0 cm³/mol. The van der Waals surface area contributed by atoms with Gasteiger partial charge in [0.1, 0.15) is 12.0 Å². The van der Waals surface area contributed by atoms with Crippen LogP contribution in [0.2, 0.25) is 0 Å². The molecule has 0 fully saturated rings. The van der Waals surface area contributed by atoms with Crippen LogP contribution in [0.25, 0.3) is 17.1 Å². The van der Waals surface area contributed by atoms with Crippen molar-refractivity contribution in [2.24, 2.45) is 5.73 Å². The lowest BCUT2D eigenvalue weighted by Gasteiger charge is -2.13. The minimum absolute atomic E-state index is 0.00376. The molecule has 8 heteroatoms. The molecule has 0 aromatic carbocycles. The van der Waals surface area contributed by atoms with E-state index < -0.39 is 5.91 Å². The SMILES string of the molecule is CCCC(C)NC(=O)c1cc(-c2ccco2)n2cnc(C(N)=O)c2n1.